The number of fused-ring (bicyclic) bond motifs is 1. The number of hydrogen-bond donors (Lipinski definition) is 3. The number of nitro groups is 1. The lowest BCUT2D eigenvalue weighted by Gasteiger charge is -2.28. The number of hydrogen-bond acceptors (Lipinski definition) is 6. The minimum absolute atomic E-state index is 0.0956. The molecular formula is C15H18N4O5. The molecule has 0 radical (unpaired) electrons. The number of non-ortho nitro benzene ring substituents is 1. The Morgan fingerprint density at radius 3 is 2.71 bits per heavy atom. The van der Waals surface area contributed by atoms with Crippen molar-refractivity contribution in [3.05, 3.63) is 27.8 Å². The van der Waals surface area contributed by atoms with Crippen LogP contribution >= 0.6 is 0 Å². The fourth-order valence-electron chi connectivity index (χ4n) is 3.14. The van der Waals surface area contributed by atoms with Gasteiger partial charge in [0, 0.05) is 18.7 Å². The summed E-state index contributed by atoms with van der Waals surface area (Å²) < 4.78 is 0. The van der Waals surface area contributed by atoms with Gasteiger partial charge in [-0.3, -0.25) is 24.6 Å². The number of carboxylic acids is 1. The van der Waals surface area contributed by atoms with E-state index in [4.69, 9.17) is 5.11 Å². The summed E-state index contributed by atoms with van der Waals surface area (Å²) in [5.74, 6) is -1.59. The molecular weight excluding hydrogens is 316 g/mol. The fraction of sp³-hybridized carbons (Fsp3) is 0.467. The highest BCUT2D eigenvalue weighted by molar-refractivity contribution is 6.05. The van der Waals surface area contributed by atoms with Gasteiger partial charge in [-0.1, -0.05) is 0 Å². The zero-order valence-corrected chi connectivity index (χ0v) is 12.9. The van der Waals surface area contributed by atoms with Crippen molar-refractivity contribution in [2.24, 2.45) is 0 Å². The number of rotatable bonds is 5. The van der Waals surface area contributed by atoms with Crippen molar-refractivity contribution in [1.29, 1.82) is 0 Å². The minimum Gasteiger partial charge on any atom is -0.481 e. The summed E-state index contributed by atoms with van der Waals surface area (Å²) in [6, 6.07) is 1.89. The van der Waals surface area contributed by atoms with Gasteiger partial charge in [0.25, 0.3) is 5.69 Å². The average molecular weight is 334 g/mol. The van der Waals surface area contributed by atoms with Crippen molar-refractivity contribution >= 4 is 28.9 Å². The van der Waals surface area contributed by atoms with Gasteiger partial charge in [0.15, 0.2) is 0 Å². The molecule has 2 aliphatic rings. The highest BCUT2D eigenvalue weighted by Gasteiger charge is 2.31. The summed E-state index contributed by atoms with van der Waals surface area (Å²) in [4.78, 5) is 35.8. The van der Waals surface area contributed by atoms with Gasteiger partial charge in [0.1, 0.15) is 6.04 Å². The van der Waals surface area contributed by atoms with E-state index in [9.17, 15) is 19.7 Å². The van der Waals surface area contributed by atoms with Gasteiger partial charge in [-0.25, -0.2) is 0 Å². The number of nitrogens with one attached hydrogen (secondary N) is 2. The molecule has 3 N–H and O–H groups in total. The molecule has 0 saturated carbocycles. The van der Waals surface area contributed by atoms with E-state index in [-0.39, 0.29) is 12.1 Å². The van der Waals surface area contributed by atoms with Crippen LogP contribution in [0.2, 0.25) is 0 Å². The van der Waals surface area contributed by atoms with Crippen LogP contribution in [-0.4, -0.2) is 45.9 Å². The zero-order chi connectivity index (χ0) is 17.3. The summed E-state index contributed by atoms with van der Waals surface area (Å²) in [6.45, 7) is 2.36. The van der Waals surface area contributed by atoms with Crippen LogP contribution in [0.1, 0.15) is 24.8 Å². The maximum absolute atomic E-state index is 12.0. The quantitative estimate of drug-likeness (QED) is 0.549. The van der Waals surface area contributed by atoms with Gasteiger partial charge >= 0.3 is 5.97 Å². The Labute approximate surface area is 137 Å². The van der Waals surface area contributed by atoms with Crippen molar-refractivity contribution in [1.82, 2.24) is 4.90 Å². The number of aliphatic carboxylic acids is 1. The first-order valence-corrected chi connectivity index (χ1v) is 7.77. The molecule has 1 aromatic rings. The second-order valence-corrected chi connectivity index (χ2v) is 6.05. The number of anilines is 2. The topological polar surface area (TPSA) is 125 Å². The normalized spacial score (nSPS) is 20.2. The molecule has 1 aromatic carbocycles. The molecule has 0 aromatic heterocycles. The van der Waals surface area contributed by atoms with Crippen molar-refractivity contribution in [3.8, 4) is 0 Å². The lowest BCUT2D eigenvalue weighted by Crippen LogP contribution is -2.41. The summed E-state index contributed by atoms with van der Waals surface area (Å²) in [5, 5.41) is 25.6. The van der Waals surface area contributed by atoms with E-state index in [1.165, 1.54) is 12.1 Å². The second kappa shape index (κ2) is 6.44. The van der Waals surface area contributed by atoms with Crippen molar-refractivity contribution in [2.45, 2.75) is 31.8 Å². The van der Waals surface area contributed by atoms with Gasteiger partial charge in [-0.2, -0.15) is 0 Å². The highest BCUT2D eigenvalue weighted by atomic mass is 16.6. The Hall–Kier alpha value is -2.68. The number of nitrogens with zero attached hydrogens (tertiary/aromatic N) is 2. The first-order chi connectivity index (χ1) is 11.4. The molecule has 128 valence electrons. The third kappa shape index (κ3) is 3.30. The van der Waals surface area contributed by atoms with Crippen molar-refractivity contribution in [3.63, 3.8) is 0 Å². The SMILES string of the molecule is O=C(O)CC1Nc2c(CN3CCCC3)cc([N+](=O)[O-])cc2NC1=O. The maximum Gasteiger partial charge on any atom is 0.305 e. The number of benzene rings is 1. The number of carboxylic acid groups (broad SMARTS) is 1. The van der Waals surface area contributed by atoms with Crippen LogP contribution in [0.4, 0.5) is 17.1 Å². The summed E-state index contributed by atoms with van der Waals surface area (Å²) in [6.07, 6.45) is 1.82. The smallest absolute Gasteiger partial charge is 0.305 e. The number of amides is 1. The first kappa shape index (κ1) is 16.2. The number of likely N-dealkylation sites (tertiary alicyclic amines) is 1. The molecule has 9 nitrogen and oxygen atoms in total. The predicted molar refractivity (Wildman–Crippen MR) is 85.9 cm³/mol. The van der Waals surface area contributed by atoms with E-state index in [0.717, 1.165) is 25.9 Å². The van der Waals surface area contributed by atoms with Crippen LogP contribution in [0, 0.1) is 10.1 Å². The van der Waals surface area contributed by atoms with Gasteiger partial charge < -0.3 is 15.7 Å². The molecule has 9 heteroatoms. The summed E-state index contributed by atoms with van der Waals surface area (Å²) in [7, 11) is 0. The minimum atomic E-state index is -1.09. The molecule has 1 unspecified atom stereocenters. The van der Waals surface area contributed by atoms with Crippen LogP contribution in [0.5, 0.6) is 0 Å². The van der Waals surface area contributed by atoms with E-state index < -0.39 is 22.8 Å². The lowest BCUT2D eigenvalue weighted by molar-refractivity contribution is -0.384. The standard InChI is InChI=1S/C15H18N4O5/c20-13(21)7-12-15(22)17-11-6-10(19(23)24)5-9(14(11)16-12)8-18-3-1-2-4-18/h5-6,12,16H,1-4,7-8H2,(H,17,22)(H,20,21). The highest BCUT2D eigenvalue weighted by Crippen LogP contribution is 2.36. The molecule has 1 fully saturated rings. The Morgan fingerprint density at radius 2 is 2.08 bits per heavy atom. The number of carbonyl (C=O) groups is 2. The average Bonchev–Trinajstić information content (AvgIpc) is 3.00. The van der Waals surface area contributed by atoms with Crippen LogP contribution in [0.15, 0.2) is 12.1 Å². The Morgan fingerprint density at radius 1 is 1.38 bits per heavy atom. The van der Waals surface area contributed by atoms with Gasteiger partial charge in [-0.15, -0.1) is 0 Å². The summed E-state index contributed by atoms with van der Waals surface area (Å²) >= 11 is 0. The van der Waals surface area contributed by atoms with E-state index in [1.807, 2.05) is 0 Å². The third-order valence-corrected chi connectivity index (χ3v) is 4.28. The predicted octanol–water partition coefficient (Wildman–Crippen LogP) is 1.40. The molecule has 1 amide bonds. The van der Waals surface area contributed by atoms with E-state index >= 15 is 0 Å². The Balaban J connectivity index is 1.95. The van der Waals surface area contributed by atoms with Gasteiger partial charge in [0.2, 0.25) is 5.91 Å². The third-order valence-electron chi connectivity index (χ3n) is 4.28. The number of nitro benzene ring substituents is 1. The molecule has 3 rings (SSSR count). The summed E-state index contributed by atoms with van der Waals surface area (Å²) in [5.41, 5.74) is 1.49. The molecule has 1 atom stereocenters. The first-order valence-electron chi connectivity index (χ1n) is 7.77. The van der Waals surface area contributed by atoms with E-state index in [2.05, 4.69) is 15.5 Å². The van der Waals surface area contributed by atoms with Crippen LogP contribution in [0.3, 0.4) is 0 Å². The lowest BCUT2D eigenvalue weighted by atomic mass is 10.0. The van der Waals surface area contributed by atoms with Crippen LogP contribution < -0.4 is 10.6 Å². The molecule has 2 heterocycles. The molecule has 24 heavy (non-hydrogen) atoms. The van der Waals surface area contributed by atoms with Crippen LogP contribution in [0.25, 0.3) is 0 Å². The molecule has 0 aliphatic carbocycles. The Bertz CT molecular complexity index is 699. The van der Waals surface area contributed by atoms with Gasteiger partial charge in [-0.05, 0) is 31.5 Å². The monoisotopic (exact) mass is 334 g/mol. The fourth-order valence-corrected chi connectivity index (χ4v) is 3.14. The maximum atomic E-state index is 12.0. The van der Waals surface area contributed by atoms with E-state index in [1.54, 1.807) is 0 Å². The molecule has 2 aliphatic heterocycles. The molecule has 1 saturated heterocycles. The largest absolute Gasteiger partial charge is 0.481 e. The Kier molecular flexibility index (Phi) is 4.34. The van der Waals surface area contributed by atoms with Crippen molar-refractivity contribution in [2.75, 3.05) is 23.7 Å². The number of carbonyl (C=O) groups excluding carboxylic acids is 1. The van der Waals surface area contributed by atoms with E-state index in [0.29, 0.717) is 23.5 Å². The van der Waals surface area contributed by atoms with Crippen molar-refractivity contribution < 1.29 is 19.6 Å². The second-order valence-electron chi connectivity index (χ2n) is 6.05. The molecule has 0 bridgehead atoms. The molecule has 0 spiro atoms. The zero-order valence-electron chi connectivity index (χ0n) is 12.9. The van der Waals surface area contributed by atoms with Gasteiger partial charge in [0.05, 0.1) is 22.7 Å². The van der Waals surface area contributed by atoms with Crippen LogP contribution in [-0.2, 0) is 16.1 Å².